The van der Waals surface area contributed by atoms with E-state index in [0.717, 1.165) is 11.1 Å². The van der Waals surface area contributed by atoms with Crippen LogP contribution >= 0.6 is 11.6 Å². The zero-order chi connectivity index (χ0) is 21.9. The van der Waals surface area contributed by atoms with Crippen LogP contribution in [0.1, 0.15) is 36.9 Å². The van der Waals surface area contributed by atoms with E-state index >= 15 is 0 Å². The average Bonchev–Trinajstić information content (AvgIpc) is 2.74. The molecule has 0 saturated carbocycles. The molecule has 3 rings (SSSR count). The number of hydrogen-bond acceptors (Lipinski definition) is 4. The Balaban J connectivity index is 1.70. The molecule has 0 aliphatic carbocycles. The summed E-state index contributed by atoms with van der Waals surface area (Å²) in [6.07, 6.45) is 1.30. The number of hydrogen-bond donors (Lipinski definition) is 1. The van der Waals surface area contributed by atoms with Gasteiger partial charge in [0, 0.05) is 18.1 Å². The van der Waals surface area contributed by atoms with Crippen LogP contribution in [-0.2, 0) is 14.8 Å². The minimum atomic E-state index is -3.68. The van der Waals surface area contributed by atoms with Gasteiger partial charge in [-0.2, -0.15) is 4.31 Å². The highest BCUT2D eigenvalue weighted by molar-refractivity contribution is 7.89. The van der Waals surface area contributed by atoms with Crippen molar-refractivity contribution in [2.45, 2.75) is 37.6 Å². The van der Waals surface area contributed by atoms with Crippen LogP contribution in [0.5, 0.6) is 5.75 Å². The molecule has 1 aliphatic rings. The first-order chi connectivity index (χ1) is 14.2. The lowest BCUT2D eigenvalue weighted by molar-refractivity contribution is -0.126. The standard InChI is InChI=1S/C22H27ClN2O4S/c1-15-13-20(10-11-21(15)29-3)30(27,28)25-12-4-5-18(14-25)22(26)24-16(2)17-6-8-19(23)9-7-17/h6-11,13,16,18H,4-5,12,14H2,1-3H3,(H,24,26)/t16-,18-/m1/s1. The monoisotopic (exact) mass is 450 g/mol. The summed E-state index contributed by atoms with van der Waals surface area (Å²) in [5.74, 6) is 0.118. The van der Waals surface area contributed by atoms with Gasteiger partial charge in [0.15, 0.2) is 0 Å². The fourth-order valence-corrected chi connectivity index (χ4v) is 5.44. The molecule has 1 heterocycles. The van der Waals surface area contributed by atoms with Crippen LogP contribution in [0.25, 0.3) is 0 Å². The van der Waals surface area contributed by atoms with Crippen LogP contribution in [-0.4, -0.2) is 38.8 Å². The molecule has 30 heavy (non-hydrogen) atoms. The van der Waals surface area contributed by atoms with Crippen LogP contribution in [0.2, 0.25) is 5.02 Å². The van der Waals surface area contributed by atoms with E-state index in [1.54, 1.807) is 37.4 Å². The SMILES string of the molecule is COc1ccc(S(=O)(=O)N2CCC[C@@H](C(=O)N[C@H](C)c3ccc(Cl)cc3)C2)cc1C. The number of benzene rings is 2. The maximum Gasteiger partial charge on any atom is 0.243 e. The van der Waals surface area contributed by atoms with E-state index < -0.39 is 10.0 Å². The summed E-state index contributed by atoms with van der Waals surface area (Å²) in [5.41, 5.74) is 1.70. The first-order valence-electron chi connectivity index (χ1n) is 9.93. The average molecular weight is 451 g/mol. The molecule has 2 aromatic rings. The van der Waals surface area contributed by atoms with Gasteiger partial charge in [-0.3, -0.25) is 4.79 Å². The summed E-state index contributed by atoms with van der Waals surface area (Å²) in [7, 11) is -2.13. The van der Waals surface area contributed by atoms with E-state index in [9.17, 15) is 13.2 Å². The van der Waals surface area contributed by atoms with Crippen LogP contribution in [0, 0.1) is 12.8 Å². The van der Waals surface area contributed by atoms with E-state index in [4.69, 9.17) is 16.3 Å². The number of halogens is 1. The second kappa shape index (κ2) is 9.37. The molecule has 8 heteroatoms. The van der Waals surface area contributed by atoms with Gasteiger partial charge in [0.1, 0.15) is 5.75 Å². The molecule has 162 valence electrons. The molecule has 0 spiro atoms. The summed E-state index contributed by atoms with van der Waals surface area (Å²) in [6, 6.07) is 11.9. The van der Waals surface area contributed by atoms with Crippen molar-refractivity contribution in [3.63, 3.8) is 0 Å². The van der Waals surface area contributed by atoms with Gasteiger partial charge in [-0.05, 0) is 68.1 Å². The quantitative estimate of drug-likeness (QED) is 0.723. The number of methoxy groups -OCH3 is 1. The van der Waals surface area contributed by atoms with Gasteiger partial charge in [0.2, 0.25) is 15.9 Å². The Kier molecular flexibility index (Phi) is 7.06. The number of carbonyl (C=O) groups excluding carboxylic acids is 1. The predicted octanol–water partition coefficient (Wildman–Crippen LogP) is 3.94. The zero-order valence-corrected chi connectivity index (χ0v) is 19.0. The number of amides is 1. The van der Waals surface area contributed by atoms with Gasteiger partial charge in [0.25, 0.3) is 0 Å². The van der Waals surface area contributed by atoms with E-state index in [2.05, 4.69) is 5.32 Å². The number of nitrogens with zero attached hydrogens (tertiary/aromatic N) is 1. The van der Waals surface area contributed by atoms with Gasteiger partial charge in [-0.25, -0.2) is 8.42 Å². The number of nitrogens with one attached hydrogen (secondary N) is 1. The van der Waals surface area contributed by atoms with Crippen molar-refractivity contribution in [3.8, 4) is 5.75 Å². The molecule has 1 fully saturated rings. The predicted molar refractivity (Wildman–Crippen MR) is 117 cm³/mol. The molecule has 0 radical (unpaired) electrons. The topological polar surface area (TPSA) is 75.7 Å². The molecule has 1 saturated heterocycles. The molecule has 1 amide bonds. The number of ether oxygens (including phenoxy) is 1. The third-order valence-electron chi connectivity index (χ3n) is 5.49. The molecule has 2 atom stereocenters. The minimum Gasteiger partial charge on any atom is -0.496 e. The van der Waals surface area contributed by atoms with Crippen molar-refractivity contribution in [1.29, 1.82) is 0 Å². The summed E-state index contributed by atoms with van der Waals surface area (Å²) in [5, 5.41) is 3.64. The maximum absolute atomic E-state index is 13.1. The number of piperidine rings is 1. The summed E-state index contributed by atoms with van der Waals surface area (Å²) < 4.78 is 32.9. The van der Waals surface area contributed by atoms with Crippen LogP contribution in [0.15, 0.2) is 47.4 Å². The van der Waals surface area contributed by atoms with Crippen LogP contribution < -0.4 is 10.1 Å². The molecule has 0 unspecified atom stereocenters. The van der Waals surface area contributed by atoms with Crippen molar-refractivity contribution in [1.82, 2.24) is 9.62 Å². The number of rotatable bonds is 6. The van der Waals surface area contributed by atoms with Gasteiger partial charge in [-0.15, -0.1) is 0 Å². The minimum absolute atomic E-state index is 0.136. The Morgan fingerprint density at radius 1 is 1.23 bits per heavy atom. The lowest BCUT2D eigenvalue weighted by Crippen LogP contribution is -2.45. The Morgan fingerprint density at radius 2 is 1.93 bits per heavy atom. The molecule has 1 N–H and O–H groups in total. The summed E-state index contributed by atoms with van der Waals surface area (Å²) in [4.78, 5) is 13.0. The zero-order valence-electron chi connectivity index (χ0n) is 17.4. The highest BCUT2D eigenvalue weighted by atomic mass is 35.5. The Labute approximate surface area is 183 Å². The second-order valence-electron chi connectivity index (χ2n) is 7.62. The highest BCUT2D eigenvalue weighted by Gasteiger charge is 2.34. The fraction of sp³-hybridized carbons (Fsp3) is 0.409. The molecule has 0 aromatic heterocycles. The highest BCUT2D eigenvalue weighted by Crippen LogP contribution is 2.28. The maximum atomic E-state index is 13.1. The molecular formula is C22H27ClN2O4S. The first-order valence-corrected chi connectivity index (χ1v) is 11.7. The van der Waals surface area contributed by atoms with Gasteiger partial charge >= 0.3 is 0 Å². The smallest absolute Gasteiger partial charge is 0.243 e. The van der Waals surface area contributed by atoms with Crippen molar-refractivity contribution >= 4 is 27.5 Å². The lowest BCUT2D eigenvalue weighted by atomic mass is 9.98. The summed E-state index contributed by atoms with van der Waals surface area (Å²) >= 11 is 5.92. The largest absolute Gasteiger partial charge is 0.496 e. The van der Waals surface area contributed by atoms with Crippen LogP contribution in [0.3, 0.4) is 0 Å². The first kappa shape index (κ1) is 22.6. The summed E-state index contributed by atoms with van der Waals surface area (Å²) in [6.45, 7) is 4.29. The Bertz CT molecular complexity index is 1010. The van der Waals surface area contributed by atoms with Crippen molar-refractivity contribution < 1.29 is 17.9 Å². The van der Waals surface area contributed by atoms with Crippen molar-refractivity contribution in [2.24, 2.45) is 5.92 Å². The molecule has 1 aliphatic heterocycles. The van der Waals surface area contributed by atoms with Crippen LogP contribution in [0.4, 0.5) is 0 Å². The van der Waals surface area contributed by atoms with E-state index in [1.165, 1.54) is 4.31 Å². The number of carbonyl (C=O) groups is 1. The molecule has 2 aromatic carbocycles. The second-order valence-corrected chi connectivity index (χ2v) is 9.99. The van der Waals surface area contributed by atoms with Gasteiger partial charge in [-0.1, -0.05) is 23.7 Å². The van der Waals surface area contributed by atoms with Crippen molar-refractivity contribution in [2.75, 3.05) is 20.2 Å². The van der Waals surface area contributed by atoms with E-state index in [0.29, 0.717) is 30.2 Å². The van der Waals surface area contributed by atoms with E-state index in [-0.39, 0.29) is 29.3 Å². The normalized spacial score (nSPS) is 18.6. The fourth-order valence-electron chi connectivity index (χ4n) is 3.70. The molecule has 0 bridgehead atoms. The van der Waals surface area contributed by atoms with Gasteiger partial charge < -0.3 is 10.1 Å². The number of aryl methyl sites for hydroxylation is 1. The van der Waals surface area contributed by atoms with Crippen molar-refractivity contribution in [3.05, 3.63) is 58.6 Å². The lowest BCUT2D eigenvalue weighted by Gasteiger charge is -2.32. The Hall–Kier alpha value is -2.09. The van der Waals surface area contributed by atoms with Gasteiger partial charge in [0.05, 0.1) is 24.0 Å². The molecule has 6 nitrogen and oxygen atoms in total. The Morgan fingerprint density at radius 3 is 2.57 bits per heavy atom. The molecular weight excluding hydrogens is 424 g/mol. The number of sulfonamides is 1. The van der Waals surface area contributed by atoms with E-state index in [1.807, 2.05) is 26.0 Å². The third-order valence-corrected chi connectivity index (χ3v) is 7.60. The third kappa shape index (κ3) is 4.96.